The van der Waals surface area contributed by atoms with Gasteiger partial charge in [0.2, 0.25) is 0 Å². The number of sulfonamides is 2. The molecular weight excluding hydrogens is 342 g/mol. The molecule has 6 nitrogen and oxygen atoms in total. The van der Waals surface area contributed by atoms with E-state index in [0.717, 1.165) is 0 Å². The van der Waals surface area contributed by atoms with E-state index >= 15 is 0 Å². The Kier molecular flexibility index (Phi) is 5.62. The number of halogens is 6. The zero-order chi connectivity index (χ0) is 16.2. The summed E-state index contributed by atoms with van der Waals surface area (Å²) in [5.74, 6) is 0. The lowest BCUT2D eigenvalue weighted by atomic mass is 10.7. The number of hydrogen-bond acceptors (Lipinski definition) is 4. The van der Waals surface area contributed by atoms with Crippen LogP contribution in [0.15, 0.2) is 24.5 Å². The fourth-order valence-corrected chi connectivity index (χ4v) is 2.43. The molecule has 0 amide bonds. The summed E-state index contributed by atoms with van der Waals surface area (Å²) < 4.78 is 108. The van der Waals surface area contributed by atoms with Gasteiger partial charge >= 0.3 is 31.1 Å². The molecule has 118 valence electrons. The van der Waals surface area contributed by atoms with E-state index in [-0.39, 0.29) is 0 Å². The molecule has 0 aliphatic heterocycles. The zero-order valence-corrected chi connectivity index (χ0v) is 10.7. The number of rotatable bonds is 2. The first-order chi connectivity index (χ1) is 8.71. The van der Waals surface area contributed by atoms with Gasteiger partial charge in [-0.1, -0.05) is 4.13 Å². The molecule has 0 aliphatic carbocycles. The number of aromatic nitrogens is 1. The van der Waals surface area contributed by atoms with Crippen LogP contribution in [0.4, 0.5) is 26.3 Å². The van der Waals surface area contributed by atoms with Crippen LogP contribution in [0, 0.1) is 0 Å². The van der Waals surface area contributed by atoms with Crippen molar-refractivity contribution in [3.05, 3.63) is 24.5 Å². The van der Waals surface area contributed by atoms with Crippen molar-refractivity contribution in [1.82, 2.24) is 9.11 Å². The molecule has 0 fully saturated rings. The summed E-state index contributed by atoms with van der Waals surface area (Å²) in [6, 6.07) is 3.89. The monoisotopic (exact) mass is 348 g/mol. The van der Waals surface area contributed by atoms with Crippen LogP contribution in [0.3, 0.4) is 0 Å². The molecule has 20 heavy (non-hydrogen) atoms. The third kappa shape index (κ3) is 5.38. The van der Waals surface area contributed by atoms with Crippen LogP contribution in [0.25, 0.3) is 0 Å². The van der Waals surface area contributed by atoms with Crippen molar-refractivity contribution < 1.29 is 43.2 Å². The summed E-state index contributed by atoms with van der Waals surface area (Å²) in [4.78, 5) is 2.86. The number of alkyl halides is 6. The highest BCUT2D eigenvalue weighted by Gasteiger charge is 2.55. The molecule has 0 bridgehead atoms. The average Bonchev–Trinajstić information content (AvgIpc) is 2.68. The molecule has 1 heterocycles. The van der Waals surface area contributed by atoms with Gasteiger partial charge in [-0.3, -0.25) is 0 Å². The Morgan fingerprint density at radius 1 is 0.750 bits per heavy atom. The van der Waals surface area contributed by atoms with Crippen molar-refractivity contribution in [2.45, 2.75) is 11.0 Å². The zero-order valence-electron chi connectivity index (χ0n) is 9.03. The number of aromatic amines is 1. The molecule has 0 aromatic carbocycles. The number of nitrogens with one attached hydrogen (secondary N) is 2. The molecule has 0 saturated heterocycles. The first kappa shape index (κ1) is 18.7. The van der Waals surface area contributed by atoms with E-state index in [9.17, 15) is 43.2 Å². The second-order valence-electron chi connectivity index (χ2n) is 2.87. The van der Waals surface area contributed by atoms with Crippen LogP contribution >= 0.6 is 0 Å². The number of hydrogen-bond donors (Lipinski definition) is 2. The molecule has 0 radical (unpaired) electrons. The van der Waals surface area contributed by atoms with Gasteiger partial charge in [0.1, 0.15) is 0 Å². The molecule has 1 rings (SSSR count). The van der Waals surface area contributed by atoms with E-state index in [4.69, 9.17) is 0 Å². The highest BCUT2D eigenvalue weighted by molar-refractivity contribution is 8.05. The van der Waals surface area contributed by atoms with Crippen LogP contribution in [0.1, 0.15) is 0 Å². The Hall–Kier alpha value is -1.28. The van der Waals surface area contributed by atoms with E-state index in [0.29, 0.717) is 0 Å². The van der Waals surface area contributed by atoms with Gasteiger partial charge in [0.05, 0.1) is 0 Å². The van der Waals surface area contributed by atoms with Crippen molar-refractivity contribution in [2.24, 2.45) is 0 Å². The third-order valence-electron chi connectivity index (χ3n) is 1.32. The molecule has 0 atom stereocenters. The minimum absolute atomic E-state index is 0.493. The first-order valence-electron chi connectivity index (χ1n) is 4.19. The van der Waals surface area contributed by atoms with Gasteiger partial charge in [-0.15, -0.1) is 0 Å². The summed E-state index contributed by atoms with van der Waals surface area (Å²) in [5, 5.41) is 0. The standard InChI is InChI=1S/C4H5N.C2HF6NO4S2/c1-2-4-5-3-1;3-1(4,5)14(10,11)9-15(12,13)2(6,7)8/h1-5H;9H. The highest BCUT2D eigenvalue weighted by atomic mass is 32.3. The SMILES string of the molecule is O=S(=O)(NS(=O)(=O)C(F)(F)F)C(F)(F)F.c1cc[nH]c1. The summed E-state index contributed by atoms with van der Waals surface area (Å²) in [7, 11) is -13.2. The van der Waals surface area contributed by atoms with Crippen LogP contribution in [0.2, 0.25) is 0 Å². The van der Waals surface area contributed by atoms with Crippen molar-refractivity contribution in [3.8, 4) is 0 Å². The molecule has 0 aliphatic rings. The maximum Gasteiger partial charge on any atom is 0.512 e. The summed E-state index contributed by atoms with van der Waals surface area (Å²) in [6.45, 7) is 0. The van der Waals surface area contributed by atoms with Gasteiger partial charge in [-0.05, 0) is 12.1 Å². The normalized spacial score (nSPS) is 13.5. The Morgan fingerprint density at radius 2 is 1.05 bits per heavy atom. The van der Waals surface area contributed by atoms with Gasteiger partial charge in [0.15, 0.2) is 0 Å². The molecule has 0 unspecified atom stereocenters. The molecule has 0 saturated carbocycles. The average molecular weight is 348 g/mol. The van der Waals surface area contributed by atoms with E-state index < -0.39 is 35.2 Å². The molecular formula is C6H6F6N2O4S2. The molecule has 1 aromatic rings. The molecule has 1 aromatic heterocycles. The van der Waals surface area contributed by atoms with Crippen LogP contribution in [-0.4, -0.2) is 32.8 Å². The van der Waals surface area contributed by atoms with Crippen molar-refractivity contribution >= 4 is 20.0 Å². The molecule has 0 spiro atoms. The van der Waals surface area contributed by atoms with Gasteiger partial charge in [0, 0.05) is 12.4 Å². The maximum absolute atomic E-state index is 11.5. The van der Waals surface area contributed by atoms with E-state index in [1.54, 1.807) is 0 Å². The van der Waals surface area contributed by atoms with E-state index in [1.165, 1.54) is 0 Å². The fourth-order valence-electron chi connectivity index (χ4n) is 0.517. The second-order valence-corrected chi connectivity index (χ2v) is 6.47. The minimum atomic E-state index is -6.60. The fraction of sp³-hybridized carbons (Fsp3) is 0.333. The van der Waals surface area contributed by atoms with Gasteiger partial charge in [-0.25, -0.2) is 16.8 Å². The summed E-state index contributed by atoms with van der Waals surface area (Å²) >= 11 is 0. The quantitative estimate of drug-likeness (QED) is 0.787. The Bertz CT molecular complexity index is 542. The van der Waals surface area contributed by atoms with Crippen LogP contribution in [0.5, 0.6) is 0 Å². The lowest BCUT2D eigenvalue weighted by molar-refractivity contribution is -0.0476. The maximum atomic E-state index is 11.5. The first-order valence-corrected chi connectivity index (χ1v) is 7.16. The van der Waals surface area contributed by atoms with Crippen LogP contribution < -0.4 is 4.13 Å². The molecule has 2 N–H and O–H groups in total. The van der Waals surface area contributed by atoms with Gasteiger partial charge in [0.25, 0.3) is 0 Å². The van der Waals surface area contributed by atoms with E-state index in [2.05, 4.69) is 4.98 Å². The smallest absolute Gasteiger partial charge is 0.368 e. The predicted molar refractivity (Wildman–Crippen MR) is 53.9 cm³/mol. The molecule has 14 heteroatoms. The Morgan fingerprint density at radius 3 is 1.20 bits per heavy atom. The van der Waals surface area contributed by atoms with Crippen molar-refractivity contribution in [1.29, 1.82) is 0 Å². The predicted octanol–water partition coefficient (Wildman–Crippen LogP) is 1.29. The largest absolute Gasteiger partial charge is 0.512 e. The Labute approximate surface area is 108 Å². The van der Waals surface area contributed by atoms with Crippen molar-refractivity contribution in [3.63, 3.8) is 0 Å². The topological polar surface area (TPSA) is 96.1 Å². The number of H-pyrrole nitrogens is 1. The Balaban J connectivity index is 0.000000595. The third-order valence-corrected chi connectivity index (χ3v) is 4.30. The second kappa shape index (κ2) is 6.01. The lowest BCUT2D eigenvalue weighted by Crippen LogP contribution is -2.45. The van der Waals surface area contributed by atoms with Crippen LogP contribution in [-0.2, 0) is 20.0 Å². The highest BCUT2D eigenvalue weighted by Crippen LogP contribution is 2.27. The minimum Gasteiger partial charge on any atom is -0.368 e. The summed E-state index contributed by atoms with van der Waals surface area (Å²) in [5.41, 5.74) is -12.3. The van der Waals surface area contributed by atoms with Crippen molar-refractivity contribution in [2.75, 3.05) is 0 Å². The lowest BCUT2D eigenvalue weighted by Gasteiger charge is -2.11. The van der Waals surface area contributed by atoms with E-state index in [1.807, 2.05) is 24.5 Å². The summed E-state index contributed by atoms with van der Waals surface area (Å²) in [6.07, 6.45) is 3.75. The van der Waals surface area contributed by atoms with Gasteiger partial charge < -0.3 is 4.98 Å². The van der Waals surface area contributed by atoms with Gasteiger partial charge in [-0.2, -0.15) is 26.3 Å².